The second-order valence-electron chi connectivity index (χ2n) is 3.78. The average molecular weight is 256 g/mol. The summed E-state index contributed by atoms with van der Waals surface area (Å²) in [7, 11) is 0. The van der Waals surface area contributed by atoms with Gasteiger partial charge < -0.3 is 10.5 Å². The van der Waals surface area contributed by atoms with Crippen LogP contribution in [0, 0.1) is 0 Å². The standard InChI is InChI=1S/C11H14BrNO/c1-7-4-8(6-13)10-5-9(12)2-3-11(10)14-7/h2-3,5,7-8H,4,6,13H2,1H3. The van der Waals surface area contributed by atoms with Gasteiger partial charge in [0.05, 0.1) is 6.10 Å². The Morgan fingerprint density at radius 2 is 2.36 bits per heavy atom. The van der Waals surface area contributed by atoms with Gasteiger partial charge in [0, 0.05) is 10.4 Å². The van der Waals surface area contributed by atoms with Crippen LogP contribution in [0.2, 0.25) is 0 Å². The number of fused-ring (bicyclic) bond motifs is 1. The monoisotopic (exact) mass is 255 g/mol. The van der Waals surface area contributed by atoms with Crippen LogP contribution in [0.4, 0.5) is 0 Å². The molecule has 14 heavy (non-hydrogen) atoms. The van der Waals surface area contributed by atoms with Gasteiger partial charge in [0.2, 0.25) is 0 Å². The molecule has 0 saturated carbocycles. The quantitative estimate of drug-likeness (QED) is 0.838. The molecule has 1 aromatic carbocycles. The molecule has 0 aliphatic carbocycles. The second kappa shape index (κ2) is 3.91. The Hall–Kier alpha value is -0.540. The highest BCUT2D eigenvalue weighted by atomic mass is 79.9. The summed E-state index contributed by atoms with van der Waals surface area (Å²) >= 11 is 3.47. The summed E-state index contributed by atoms with van der Waals surface area (Å²) in [6, 6.07) is 6.13. The summed E-state index contributed by atoms with van der Waals surface area (Å²) in [6.45, 7) is 2.78. The molecule has 0 amide bonds. The molecule has 2 N–H and O–H groups in total. The van der Waals surface area contributed by atoms with Crippen LogP contribution in [0.15, 0.2) is 22.7 Å². The van der Waals surface area contributed by atoms with Gasteiger partial charge in [0.1, 0.15) is 5.75 Å². The highest BCUT2D eigenvalue weighted by Gasteiger charge is 2.24. The van der Waals surface area contributed by atoms with E-state index in [9.17, 15) is 0 Å². The van der Waals surface area contributed by atoms with Crippen molar-refractivity contribution in [2.45, 2.75) is 25.4 Å². The first kappa shape index (κ1) is 9.99. The van der Waals surface area contributed by atoms with E-state index in [-0.39, 0.29) is 6.10 Å². The molecular weight excluding hydrogens is 242 g/mol. The van der Waals surface area contributed by atoms with Crippen LogP contribution in [0.25, 0.3) is 0 Å². The van der Waals surface area contributed by atoms with Crippen molar-refractivity contribution in [2.24, 2.45) is 5.73 Å². The fourth-order valence-electron chi connectivity index (χ4n) is 1.96. The lowest BCUT2D eigenvalue weighted by molar-refractivity contribution is 0.177. The van der Waals surface area contributed by atoms with E-state index < -0.39 is 0 Å². The minimum Gasteiger partial charge on any atom is -0.490 e. The first-order valence-electron chi connectivity index (χ1n) is 4.87. The van der Waals surface area contributed by atoms with Crippen molar-refractivity contribution in [1.82, 2.24) is 0 Å². The van der Waals surface area contributed by atoms with Gasteiger partial charge in [0.15, 0.2) is 0 Å². The minimum atomic E-state index is 0.275. The molecule has 1 heterocycles. The van der Waals surface area contributed by atoms with E-state index in [2.05, 4.69) is 28.9 Å². The van der Waals surface area contributed by atoms with Crippen molar-refractivity contribution in [3.05, 3.63) is 28.2 Å². The first-order chi connectivity index (χ1) is 6.70. The van der Waals surface area contributed by atoms with E-state index in [0.29, 0.717) is 12.5 Å². The average Bonchev–Trinajstić information content (AvgIpc) is 2.17. The molecule has 1 aliphatic rings. The van der Waals surface area contributed by atoms with Gasteiger partial charge in [-0.2, -0.15) is 0 Å². The number of benzene rings is 1. The molecule has 0 spiro atoms. The predicted molar refractivity (Wildman–Crippen MR) is 60.6 cm³/mol. The molecule has 3 heteroatoms. The molecule has 2 rings (SSSR count). The van der Waals surface area contributed by atoms with E-state index in [1.807, 2.05) is 12.1 Å². The Morgan fingerprint density at radius 1 is 1.57 bits per heavy atom. The fourth-order valence-corrected chi connectivity index (χ4v) is 2.34. The number of rotatable bonds is 1. The smallest absolute Gasteiger partial charge is 0.123 e. The molecule has 0 aromatic heterocycles. The maximum Gasteiger partial charge on any atom is 0.123 e. The largest absolute Gasteiger partial charge is 0.490 e. The van der Waals surface area contributed by atoms with Crippen molar-refractivity contribution in [2.75, 3.05) is 6.54 Å². The van der Waals surface area contributed by atoms with Crippen molar-refractivity contribution in [1.29, 1.82) is 0 Å². The number of ether oxygens (including phenoxy) is 1. The van der Waals surface area contributed by atoms with Crippen LogP contribution in [-0.4, -0.2) is 12.6 Å². The first-order valence-corrected chi connectivity index (χ1v) is 5.66. The van der Waals surface area contributed by atoms with Crippen LogP contribution in [-0.2, 0) is 0 Å². The summed E-state index contributed by atoms with van der Waals surface area (Å²) in [5, 5.41) is 0. The molecule has 0 radical (unpaired) electrons. The van der Waals surface area contributed by atoms with Gasteiger partial charge >= 0.3 is 0 Å². The zero-order valence-electron chi connectivity index (χ0n) is 8.16. The van der Waals surface area contributed by atoms with E-state index in [1.165, 1.54) is 5.56 Å². The predicted octanol–water partition coefficient (Wildman–Crippen LogP) is 2.66. The van der Waals surface area contributed by atoms with Gasteiger partial charge in [-0.05, 0) is 43.7 Å². The van der Waals surface area contributed by atoms with Gasteiger partial charge in [-0.3, -0.25) is 0 Å². The molecular formula is C11H14BrNO. The lowest BCUT2D eigenvalue weighted by Gasteiger charge is -2.29. The van der Waals surface area contributed by atoms with Crippen LogP contribution in [0.3, 0.4) is 0 Å². The van der Waals surface area contributed by atoms with Crippen molar-refractivity contribution >= 4 is 15.9 Å². The number of nitrogens with two attached hydrogens (primary N) is 1. The molecule has 0 bridgehead atoms. The Morgan fingerprint density at radius 3 is 3.07 bits per heavy atom. The Labute approximate surface area is 92.6 Å². The van der Waals surface area contributed by atoms with E-state index in [1.54, 1.807) is 0 Å². The molecule has 2 nitrogen and oxygen atoms in total. The van der Waals surface area contributed by atoms with Gasteiger partial charge in [-0.1, -0.05) is 15.9 Å². The third kappa shape index (κ3) is 1.79. The second-order valence-corrected chi connectivity index (χ2v) is 4.69. The molecule has 0 saturated heterocycles. The lowest BCUT2D eigenvalue weighted by atomic mass is 9.90. The minimum absolute atomic E-state index is 0.275. The van der Waals surface area contributed by atoms with Crippen molar-refractivity contribution < 1.29 is 4.74 Å². The number of hydrogen-bond acceptors (Lipinski definition) is 2. The Kier molecular flexibility index (Phi) is 2.79. The Bertz CT molecular complexity index is 340. The summed E-state index contributed by atoms with van der Waals surface area (Å²) < 4.78 is 6.83. The van der Waals surface area contributed by atoms with Gasteiger partial charge in [0.25, 0.3) is 0 Å². The van der Waals surface area contributed by atoms with Crippen LogP contribution in [0.1, 0.15) is 24.8 Å². The fraction of sp³-hybridized carbons (Fsp3) is 0.455. The summed E-state index contributed by atoms with van der Waals surface area (Å²) in [5.41, 5.74) is 7.00. The van der Waals surface area contributed by atoms with E-state index in [0.717, 1.165) is 16.6 Å². The van der Waals surface area contributed by atoms with Crippen molar-refractivity contribution in [3.63, 3.8) is 0 Å². The van der Waals surface area contributed by atoms with Crippen LogP contribution >= 0.6 is 15.9 Å². The van der Waals surface area contributed by atoms with Crippen LogP contribution in [0.5, 0.6) is 5.75 Å². The highest BCUT2D eigenvalue weighted by molar-refractivity contribution is 9.10. The molecule has 1 aromatic rings. The molecule has 2 unspecified atom stereocenters. The third-order valence-electron chi connectivity index (χ3n) is 2.64. The molecule has 0 fully saturated rings. The molecule has 2 atom stereocenters. The lowest BCUT2D eigenvalue weighted by Crippen LogP contribution is -2.26. The van der Waals surface area contributed by atoms with E-state index >= 15 is 0 Å². The SMILES string of the molecule is CC1CC(CN)c2cc(Br)ccc2O1. The zero-order valence-corrected chi connectivity index (χ0v) is 9.75. The zero-order chi connectivity index (χ0) is 10.1. The molecule has 1 aliphatic heterocycles. The highest BCUT2D eigenvalue weighted by Crippen LogP contribution is 2.37. The summed E-state index contributed by atoms with van der Waals surface area (Å²) in [6.07, 6.45) is 1.29. The number of hydrogen-bond donors (Lipinski definition) is 1. The maximum atomic E-state index is 5.76. The Balaban J connectivity index is 2.41. The molecule has 76 valence electrons. The summed E-state index contributed by atoms with van der Waals surface area (Å²) in [5.74, 6) is 1.42. The summed E-state index contributed by atoms with van der Waals surface area (Å²) in [4.78, 5) is 0. The van der Waals surface area contributed by atoms with Crippen molar-refractivity contribution in [3.8, 4) is 5.75 Å². The van der Waals surface area contributed by atoms with Gasteiger partial charge in [-0.15, -0.1) is 0 Å². The van der Waals surface area contributed by atoms with E-state index in [4.69, 9.17) is 10.5 Å². The topological polar surface area (TPSA) is 35.2 Å². The number of halogens is 1. The van der Waals surface area contributed by atoms with Gasteiger partial charge in [-0.25, -0.2) is 0 Å². The third-order valence-corrected chi connectivity index (χ3v) is 3.13. The van der Waals surface area contributed by atoms with Crippen LogP contribution < -0.4 is 10.5 Å². The normalized spacial score (nSPS) is 25.4. The maximum absolute atomic E-state index is 5.76.